The van der Waals surface area contributed by atoms with E-state index in [2.05, 4.69) is 18.1 Å². The van der Waals surface area contributed by atoms with E-state index in [0.717, 1.165) is 6.07 Å². The highest BCUT2D eigenvalue weighted by atomic mass is 19.4. The molecule has 1 aromatic carbocycles. The van der Waals surface area contributed by atoms with Gasteiger partial charge in [0.25, 0.3) is 0 Å². The monoisotopic (exact) mass is 429 g/mol. The van der Waals surface area contributed by atoms with Crippen molar-refractivity contribution in [2.75, 3.05) is 0 Å². The number of rotatable bonds is 5. The zero-order valence-electron chi connectivity index (χ0n) is 15.8. The highest BCUT2D eigenvalue weighted by Crippen LogP contribution is 2.45. The normalized spacial score (nSPS) is 17.3. The van der Waals surface area contributed by atoms with E-state index < -0.39 is 36.4 Å². The summed E-state index contributed by atoms with van der Waals surface area (Å²) in [4.78, 5) is 3.78. The molecule has 0 saturated heterocycles. The van der Waals surface area contributed by atoms with E-state index in [4.69, 9.17) is 0 Å². The van der Waals surface area contributed by atoms with Crippen molar-refractivity contribution in [3.05, 3.63) is 77.6 Å². The highest BCUT2D eigenvalue weighted by Gasteiger charge is 2.58. The first-order valence-corrected chi connectivity index (χ1v) is 9.08. The number of pyridine rings is 1. The molecule has 0 aliphatic heterocycles. The molecule has 0 bridgehead atoms. The first kappa shape index (κ1) is 22.1. The summed E-state index contributed by atoms with van der Waals surface area (Å²) in [5, 5.41) is 0. The molecule has 1 heterocycles. The molecule has 1 nitrogen and oxygen atoms in total. The maximum atomic E-state index is 13.7. The SMILES string of the molecule is C=C(CCC(=C)c1ncccc1C(F)(F)F)c1ccc2c(c1)CC(F)(F)C(F)(F)C2. The second-order valence-electron chi connectivity index (χ2n) is 7.35. The Morgan fingerprint density at radius 1 is 0.900 bits per heavy atom. The zero-order valence-corrected chi connectivity index (χ0v) is 15.8. The molecule has 0 fully saturated rings. The van der Waals surface area contributed by atoms with Crippen LogP contribution in [0, 0.1) is 0 Å². The van der Waals surface area contributed by atoms with Gasteiger partial charge in [-0.25, -0.2) is 0 Å². The Kier molecular flexibility index (Phi) is 5.56. The van der Waals surface area contributed by atoms with Crippen molar-refractivity contribution in [2.45, 2.75) is 43.7 Å². The van der Waals surface area contributed by atoms with Crippen LogP contribution in [0.15, 0.2) is 49.7 Å². The molecule has 0 saturated carbocycles. The minimum Gasteiger partial charge on any atom is -0.256 e. The van der Waals surface area contributed by atoms with Crippen molar-refractivity contribution in [3.63, 3.8) is 0 Å². The van der Waals surface area contributed by atoms with Crippen LogP contribution in [0.2, 0.25) is 0 Å². The smallest absolute Gasteiger partial charge is 0.256 e. The van der Waals surface area contributed by atoms with Gasteiger partial charge < -0.3 is 0 Å². The fraction of sp³-hybridized carbons (Fsp3) is 0.318. The molecular weight excluding hydrogens is 411 g/mol. The summed E-state index contributed by atoms with van der Waals surface area (Å²) in [6.07, 6.45) is -5.13. The summed E-state index contributed by atoms with van der Waals surface area (Å²) in [5.74, 6) is -8.24. The standard InChI is InChI=1S/C22H18F7N/c1-13(5-6-14(2)19-18(22(27,28)29)4-3-9-30-19)15-7-8-16-11-20(23,24)21(25,26)12-17(16)10-15/h3-4,7-10H,1-2,5-6,11-12H2. The van der Waals surface area contributed by atoms with Gasteiger partial charge in [-0.05, 0) is 52.8 Å². The Morgan fingerprint density at radius 3 is 2.13 bits per heavy atom. The van der Waals surface area contributed by atoms with Crippen LogP contribution in [-0.4, -0.2) is 16.8 Å². The predicted molar refractivity (Wildman–Crippen MR) is 100 cm³/mol. The van der Waals surface area contributed by atoms with Gasteiger partial charge in [0.05, 0.1) is 11.3 Å². The van der Waals surface area contributed by atoms with Crippen molar-refractivity contribution < 1.29 is 30.7 Å². The van der Waals surface area contributed by atoms with Crippen molar-refractivity contribution in [1.29, 1.82) is 0 Å². The summed E-state index contributed by atoms with van der Waals surface area (Å²) >= 11 is 0. The molecule has 1 aliphatic carbocycles. The summed E-state index contributed by atoms with van der Waals surface area (Å²) in [6, 6.07) is 6.37. The van der Waals surface area contributed by atoms with Crippen LogP contribution in [0.5, 0.6) is 0 Å². The number of hydrogen-bond acceptors (Lipinski definition) is 1. The van der Waals surface area contributed by atoms with Gasteiger partial charge in [0.2, 0.25) is 0 Å². The molecule has 0 spiro atoms. The Labute approximate surface area is 168 Å². The van der Waals surface area contributed by atoms with Gasteiger partial charge in [-0.1, -0.05) is 31.4 Å². The van der Waals surface area contributed by atoms with Crippen LogP contribution in [0.25, 0.3) is 11.1 Å². The third kappa shape index (κ3) is 4.27. The average Bonchev–Trinajstić information content (AvgIpc) is 2.65. The Balaban J connectivity index is 1.74. The lowest BCUT2D eigenvalue weighted by molar-refractivity contribution is -0.211. The van der Waals surface area contributed by atoms with Gasteiger partial charge in [0.1, 0.15) is 0 Å². The lowest BCUT2D eigenvalue weighted by Crippen LogP contribution is -2.47. The molecule has 1 aromatic heterocycles. The number of benzene rings is 1. The first-order valence-electron chi connectivity index (χ1n) is 9.08. The number of alkyl halides is 7. The third-order valence-electron chi connectivity index (χ3n) is 5.15. The predicted octanol–water partition coefficient (Wildman–Crippen LogP) is 6.98. The summed E-state index contributed by atoms with van der Waals surface area (Å²) in [5.41, 5.74) is 0.224. The maximum absolute atomic E-state index is 13.7. The van der Waals surface area contributed by atoms with E-state index in [0.29, 0.717) is 11.1 Å². The van der Waals surface area contributed by atoms with Crippen LogP contribution in [0.1, 0.15) is 40.8 Å². The minimum atomic E-state index is -4.57. The second kappa shape index (κ2) is 7.56. The molecule has 0 N–H and O–H groups in total. The number of nitrogens with zero attached hydrogens (tertiary/aromatic N) is 1. The molecule has 0 radical (unpaired) electrons. The summed E-state index contributed by atoms with van der Waals surface area (Å²) in [6.45, 7) is 7.54. The van der Waals surface area contributed by atoms with Gasteiger partial charge in [0.15, 0.2) is 0 Å². The van der Waals surface area contributed by atoms with Gasteiger partial charge in [-0.2, -0.15) is 30.7 Å². The van der Waals surface area contributed by atoms with Gasteiger partial charge in [0, 0.05) is 19.0 Å². The quantitative estimate of drug-likeness (QED) is 0.468. The van der Waals surface area contributed by atoms with E-state index >= 15 is 0 Å². The number of fused-ring (bicyclic) bond motifs is 1. The largest absolute Gasteiger partial charge is 0.418 e. The van der Waals surface area contributed by atoms with E-state index in [1.165, 1.54) is 30.5 Å². The number of aromatic nitrogens is 1. The van der Waals surface area contributed by atoms with Gasteiger partial charge >= 0.3 is 18.0 Å². The number of halogens is 7. The summed E-state index contributed by atoms with van der Waals surface area (Å²) < 4.78 is 93.9. The van der Waals surface area contributed by atoms with Gasteiger partial charge in [-0.15, -0.1) is 0 Å². The average molecular weight is 429 g/mol. The second-order valence-corrected chi connectivity index (χ2v) is 7.35. The van der Waals surface area contributed by atoms with Crippen LogP contribution in [0.4, 0.5) is 30.7 Å². The maximum Gasteiger partial charge on any atom is 0.418 e. The fourth-order valence-corrected chi connectivity index (χ4v) is 3.40. The number of allylic oxidation sites excluding steroid dienone is 2. The lowest BCUT2D eigenvalue weighted by atomic mass is 9.84. The topological polar surface area (TPSA) is 12.9 Å². The van der Waals surface area contributed by atoms with Crippen molar-refractivity contribution in [2.24, 2.45) is 0 Å². The first-order chi connectivity index (χ1) is 13.8. The van der Waals surface area contributed by atoms with Crippen LogP contribution in [-0.2, 0) is 19.0 Å². The van der Waals surface area contributed by atoms with E-state index in [1.807, 2.05) is 0 Å². The molecule has 160 valence electrons. The fourth-order valence-electron chi connectivity index (χ4n) is 3.40. The third-order valence-corrected chi connectivity index (χ3v) is 5.15. The highest BCUT2D eigenvalue weighted by molar-refractivity contribution is 5.69. The molecule has 8 heteroatoms. The Hall–Kier alpha value is -2.64. The Morgan fingerprint density at radius 2 is 1.50 bits per heavy atom. The Bertz CT molecular complexity index is 989. The van der Waals surface area contributed by atoms with Crippen LogP contribution >= 0.6 is 0 Å². The molecule has 3 rings (SSSR count). The molecule has 30 heavy (non-hydrogen) atoms. The minimum absolute atomic E-state index is 0.115. The van der Waals surface area contributed by atoms with Crippen molar-refractivity contribution >= 4 is 11.1 Å². The van der Waals surface area contributed by atoms with Crippen LogP contribution < -0.4 is 0 Å². The van der Waals surface area contributed by atoms with E-state index in [9.17, 15) is 30.7 Å². The van der Waals surface area contributed by atoms with Crippen LogP contribution in [0.3, 0.4) is 0 Å². The van der Waals surface area contributed by atoms with Crippen molar-refractivity contribution in [1.82, 2.24) is 4.98 Å². The van der Waals surface area contributed by atoms with E-state index in [1.54, 1.807) is 0 Å². The van der Waals surface area contributed by atoms with E-state index in [-0.39, 0.29) is 35.2 Å². The van der Waals surface area contributed by atoms with Crippen molar-refractivity contribution in [3.8, 4) is 0 Å². The molecule has 0 amide bonds. The molecule has 0 atom stereocenters. The molecule has 0 unspecified atom stereocenters. The summed E-state index contributed by atoms with van der Waals surface area (Å²) in [7, 11) is 0. The molecular formula is C22H18F7N. The molecule has 1 aliphatic rings. The van der Waals surface area contributed by atoms with Gasteiger partial charge in [-0.3, -0.25) is 4.98 Å². The molecule has 2 aromatic rings. The zero-order chi connectivity index (χ0) is 22.3. The number of hydrogen-bond donors (Lipinski definition) is 0. The lowest BCUT2D eigenvalue weighted by Gasteiger charge is -2.32.